The van der Waals surface area contributed by atoms with Crippen molar-refractivity contribution in [2.24, 2.45) is 0 Å². The Balaban J connectivity index is 1.51. The van der Waals surface area contributed by atoms with E-state index in [9.17, 15) is 4.79 Å². The van der Waals surface area contributed by atoms with Crippen LogP contribution in [0.4, 0.5) is 10.5 Å². The van der Waals surface area contributed by atoms with Gasteiger partial charge in [0.05, 0.1) is 19.3 Å². The largest absolute Gasteiger partial charge is 0.441 e. The normalized spacial score (nSPS) is 28.0. The SMILES string of the molecule is CCNC(=O)O[C@H]1CO[C@@H]2[C@@H]1OC[C@@H]2NC(=S)Nc1ccccc1. The van der Waals surface area contributed by atoms with E-state index in [-0.39, 0.29) is 18.2 Å². The van der Waals surface area contributed by atoms with E-state index in [0.717, 1.165) is 5.69 Å². The maximum atomic E-state index is 11.6. The number of alkyl carbamates (subject to hydrolysis) is 1. The molecule has 4 atom stereocenters. The number of benzene rings is 1. The smallest absolute Gasteiger partial charge is 0.407 e. The first-order valence-corrected chi connectivity index (χ1v) is 8.38. The van der Waals surface area contributed by atoms with Crippen molar-refractivity contribution < 1.29 is 19.0 Å². The van der Waals surface area contributed by atoms with Crippen molar-refractivity contribution >= 4 is 29.1 Å². The summed E-state index contributed by atoms with van der Waals surface area (Å²) in [6.45, 7) is 3.12. The molecule has 1 aromatic rings. The molecule has 8 heteroatoms. The Morgan fingerprint density at radius 2 is 2.00 bits per heavy atom. The number of amides is 1. The fraction of sp³-hybridized carbons (Fsp3) is 0.500. The van der Waals surface area contributed by atoms with Crippen LogP contribution in [0.1, 0.15) is 6.92 Å². The summed E-state index contributed by atoms with van der Waals surface area (Å²) in [5.74, 6) is 0. The highest BCUT2D eigenvalue weighted by molar-refractivity contribution is 7.80. The molecule has 0 spiro atoms. The van der Waals surface area contributed by atoms with Gasteiger partial charge in [0.15, 0.2) is 11.2 Å². The molecule has 1 aromatic carbocycles. The maximum Gasteiger partial charge on any atom is 0.407 e. The number of anilines is 1. The van der Waals surface area contributed by atoms with Crippen molar-refractivity contribution in [2.45, 2.75) is 31.3 Å². The molecule has 0 bridgehead atoms. The fourth-order valence-corrected chi connectivity index (χ4v) is 3.14. The Labute approximate surface area is 146 Å². The molecule has 24 heavy (non-hydrogen) atoms. The number of ether oxygens (including phenoxy) is 3. The van der Waals surface area contributed by atoms with Crippen LogP contribution in [0.15, 0.2) is 30.3 Å². The number of nitrogens with one attached hydrogen (secondary N) is 3. The first-order valence-electron chi connectivity index (χ1n) is 7.97. The van der Waals surface area contributed by atoms with Gasteiger partial charge in [-0.15, -0.1) is 0 Å². The zero-order valence-corrected chi connectivity index (χ0v) is 14.2. The topological polar surface area (TPSA) is 80.9 Å². The van der Waals surface area contributed by atoms with Crippen LogP contribution in [-0.2, 0) is 14.2 Å². The summed E-state index contributed by atoms with van der Waals surface area (Å²) in [7, 11) is 0. The zero-order chi connectivity index (χ0) is 16.9. The third-order valence-corrected chi connectivity index (χ3v) is 4.16. The van der Waals surface area contributed by atoms with E-state index in [1.807, 2.05) is 37.3 Å². The lowest BCUT2D eigenvalue weighted by molar-refractivity contribution is 0.00425. The molecule has 0 radical (unpaired) electrons. The zero-order valence-electron chi connectivity index (χ0n) is 13.4. The van der Waals surface area contributed by atoms with Crippen LogP contribution in [0.2, 0.25) is 0 Å². The highest BCUT2D eigenvalue weighted by Crippen LogP contribution is 2.29. The average molecular weight is 351 g/mol. The van der Waals surface area contributed by atoms with Gasteiger partial charge in [-0.25, -0.2) is 4.79 Å². The molecule has 2 heterocycles. The van der Waals surface area contributed by atoms with E-state index in [1.54, 1.807) is 0 Å². The predicted octanol–water partition coefficient (Wildman–Crippen LogP) is 1.25. The van der Waals surface area contributed by atoms with Crippen LogP contribution in [-0.4, -0.2) is 55.3 Å². The van der Waals surface area contributed by atoms with E-state index in [4.69, 9.17) is 26.4 Å². The average Bonchev–Trinajstić information content (AvgIpc) is 3.13. The molecule has 2 fully saturated rings. The molecule has 0 aliphatic carbocycles. The first kappa shape index (κ1) is 16.9. The molecule has 3 N–H and O–H groups in total. The number of thiocarbonyl (C=S) groups is 1. The summed E-state index contributed by atoms with van der Waals surface area (Å²) in [6.07, 6.45) is -1.32. The lowest BCUT2D eigenvalue weighted by Crippen LogP contribution is -2.46. The van der Waals surface area contributed by atoms with Gasteiger partial charge in [-0.2, -0.15) is 0 Å². The second-order valence-corrected chi connectivity index (χ2v) is 6.05. The van der Waals surface area contributed by atoms with Gasteiger partial charge in [0.1, 0.15) is 12.2 Å². The Hall–Kier alpha value is -1.90. The van der Waals surface area contributed by atoms with Crippen molar-refractivity contribution in [1.29, 1.82) is 0 Å². The third kappa shape index (κ3) is 3.95. The number of rotatable bonds is 4. The molecule has 0 aromatic heterocycles. The molecular formula is C16H21N3O4S. The molecule has 2 aliphatic rings. The number of carbonyl (C=O) groups is 1. The van der Waals surface area contributed by atoms with Crippen molar-refractivity contribution in [3.63, 3.8) is 0 Å². The molecule has 0 unspecified atom stereocenters. The third-order valence-electron chi connectivity index (χ3n) is 3.94. The highest BCUT2D eigenvalue weighted by Gasteiger charge is 2.49. The van der Waals surface area contributed by atoms with Gasteiger partial charge in [0, 0.05) is 12.2 Å². The van der Waals surface area contributed by atoms with Crippen molar-refractivity contribution in [1.82, 2.24) is 10.6 Å². The number of hydrogen-bond donors (Lipinski definition) is 3. The molecule has 2 aliphatic heterocycles. The molecular weight excluding hydrogens is 330 g/mol. The Kier molecular flexibility index (Phi) is 5.49. The summed E-state index contributed by atoms with van der Waals surface area (Å²) >= 11 is 5.34. The van der Waals surface area contributed by atoms with Gasteiger partial charge in [0.2, 0.25) is 0 Å². The second kappa shape index (κ2) is 7.78. The van der Waals surface area contributed by atoms with E-state index in [0.29, 0.717) is 24.9 Å². The number of hydrogen-bond acceptors (Lipinski definition) is 5. The number of fused-ring (bicyclic) bond motifs is 1. The molecule has 7 nitrogen and oxygen atoms in total. The molecule has 1 amide bonds. The fourth-order valence-electron chi connectivity index (χ4n) is 2.87. The van der Waals surface area contributed by atoms with Crippen LogP contribution in [0.25, 0.3) is 0 Å². The standard InChI is InChI=1S/C16H21N3O4S/c1-2-17-16(20)23-12-9-22-13-11(8-21-14(12)13)19-15(24)18-10-6-4-3-5-7-10/h3-7,11-14H,2,8-9H2,1H3,(H,17,20)(H2,18,19,24)/t11-,12-,13-,14+/m0/s1. The molecule has 0 saturated carbocycles. The summed E-state index contributed by atoms with van der Waals surface area (Å²) in [5, 5.41) is 9.45. The minimum absolute atomic E-state index is 0.0819. The van der Waals surface area contributed by atoms with Gasteiger partial charge < -0.3 is 30.2 Å². The lowest BCUT2D eigenvalue weighted by Gasteiger charge is -2.19. The Morgan fingerprint density at radius 3 is 2.75 bits per heavy atom. The molecule has 130 valence electrons. The number of carbonyl (C=O) groups excluding carboxylic acids is 1. The Bertz CT molecular complexity index is 586. The van der Waals surface area contributed by atoms with Gasteiger partial charge in [-0.1, -0.05) is 18.2 Å². The van der Waals surface area contributed by atoms with Gasteiger partial charge in [0.25, 0.3) is 0 Å². The predicted molar refractivity (Wildman–Crippen MR) is 93.0 cm³/mol. The quantitative estimate of drug-likeness (QED) is 0.705. The summed E-state index contributed by atoms with van der Waals surface area (Å²) in [6, 6.07) is 9.60. The van der Waals surface area contributed by atoms with Crippen molar-refractivity contribution in [3.8, 4) is 0 Å². The maximum absolute atomic E-state index is 11.6. The first-order chi connectivity index (χ1) is 11.7. The van der Waals surface area contributed by atoms with Gasteiger partial charge in [-0.3, -0.25) is 0 Å². The minimum Gasteiger partial charge on any atom is -0.441 e. The van der Waals surface area contributed by atoms with Crippen LogP contribution >= 0.6 is 12.2 Å². The van der Waals surface area contributed by atoms with Crippen LogP contribution < -0.4 is 16.0 Å². The van der Waals surface area contributed by atoms with E-state index in [1.165, 1.54) is 0 Å². The van der Waals surface area contributed by atoms with Gasteiger partial charge in [-0.05, 0) is 31.3 Å². The van der Waals surface area contributed by atoms with E-state index < -0.39 is 12.2 Å². The summed E-state index contributed by atoms with van der Waals surface area (Å²) < 4.78 is 16.8. The van der Waals surface area contributed by atoms with E-state index >= 15 is 0 Å². The summed E-state index contributed by atoms with van der Waals surface area (Å²) in [5.41, 5.74) is 0.912. The van der Waals surface area contributed by atoms with Crippen LogP contribution in [0, 0.1) is 0 Å². The minimum atomic E-state index is -0.451. The second-order valence-electron chi connectivity index (χ2n) is 5.64. The molecule has 3 rings (SSSR count). The van der Waals surface area contributed by atoms with E-state index in [2.05, 4.69) is 16.0 Å². The van der Waals surface area contributed by atoms with Crippen molar-refractivity contribution in [3.05, 3.63) is 30.3 Å². The number of para-hydroxylation sites is 1. The lowest BCUT2D eigenvalue weighted by atomic mass is 10.1. The van der Waals surface area contributed by atoms with Crippen LogP contribution in [0.3, 0.4) is 0 Å². The molecule has 2 saturated heterocycles. The monoisotopic (exact) mass is 351 g/mol. The van der Waals surface area contributed by atoms with Gasteiger partial charge >= 0.3 is 6.09 Å². The Morgan fingerprint density at radius 1 is 1.25 bits per heavy atom. The van der Waals surface area contributed by atoms with Crippen LogP contribution in [0.5, 0.6) is 0 Å². The highest BCUT2D eigenvalue weighted by atomic mass is 32.1. The van der Waals surface area contributed by atoms with Crippen molar-refractivity contribution in [2.75, 3.05) is 25.1 Å². The summed E-state index contributed by atoms with van der Waals surface area (Å²) in [4.78, 5) is 11.6.